The van der Waals surface area contributed by atoms with Crippen molar-refractivity contribution in [2.75, 3.05) is 52.0 Å². The molecule has 6 nitrogen and oxygen atoms in total. The molecule has 0 fully saturated rings. The van der Waals surface area contributed by atoms with Gasteiger partial charge in [0.05, 0.1) is 36.6 Å². The normalized spacial score (nSPS) is 20.7. The largest absolute Gasteiger partial charge is 0.380 e. The number of hydrogen-bond acceptors (Lipinski definition) is 6. The SMILES string of the molecule is CCOCC(N)(C(CP)(C(CC)OCC)C(CC)OCC)C(CP)(C(CC)OCC)C(CC)OCC. The second-order valence-corrected chi connectivity index (χ2v) is 10.3. The molecule has 0 spiro atoms. The van der Waals surface area contributed by atoms with Crippen LogP contribution in [0.4, 0.5) is 0 Å². The molecule has 218 valence electrons. The summed E-state index contributed by atoms with van der Waals surface area (Å²) in [6.07, 6.45) is 4.19. The molecule has 2 N–H and O–H groups in total. The predicted molar refractivity (Wildman–Crippen MR) is 160 cm³/mol. The van der Waals surface area contributed by atoms with E-state index in [1.165, 1.54) is 0 Å². The highest BCUT2D eigenvalue weighted by Crippen LogP contribution is 2.57. The zero-order valence-corrected chi connectivity index (χ0v) is 27.4. The van der Waals surface area contributed by atoms with Gasteiger partial charge in [0.1, 0.15) is 0 Å². The molecule has 8 heteroatoms. The van der Waals surface area contributed by atoms with Gasteiger partial charge in [-0.25, -0.2) is 0 Å². The molecule has 0 aromatic rings. The van der Waals surface area contributed by atoms with Crippen molar-refractivity contribution in [3.05, 3.63) is 0 Å². The minimum absolute atomic E-state index is 0.129. The fourth-order valence-corrected chi connectivity index (χ4v) is 8.53. The van der Waals surface area contributed by atoms with E-state index in [-0.39, 0.29) is 24.4 Å². The van der Waals surface area contributed by atoms with Gasteiger partial charge in [0.15, 0.2) is 0 Å². The van der Waals surface area contributed by atoms with Gasteiger partial charge in [0, 0.05) is 43.9 Å². The number of hydrogen-bond donors (Lipinski definition) is 1. The third kappa shape index (κ3) is 7.22. The zero-order valence-electron chi connectivity index (χ0n) is 25.1. The third-order valence-electron chi connectivity index (χ3n) is 8.12. The first-order chi connectivity index (χ1) is 17.3. The standard InChI is InChI=1S/C28H61NO5P2/c1-10-22(31-15-6)26(20-35,23(11-2)32-16-7)28(29,19-30-14-5)27(21-36,24(12-3)33-17-8)25(13-4)34-18-9/h22-25H,10-21,29,35-36H2,1-9H3. The average Bonchev–Trinajstić information content (AvgIpc) is 2.90. The third-order valence-corrected chi connectivity index (χ3v) is 9.47. The van der Waals surface area contributed by atoms with Crippen LogP contribution in [0.5, 0.6) is 0 Å². The lowest BCUT2D eigenvalue weighted by Gasteiger charge is -2.65. The molecular formula is C28H61NO5P2. The Labute approximate surface area is 228 Å². The van der Waals surface area contributed by atoms with Crippen molar-refractivity contribution >= 4 is 18.5 Å². The van der Waals surface area contributed by atoms with Crippen LogP contribution in [0.3, 0.4) is 0 Å². The Kier molecular flexibility index (Phi) is 19.2. The maximum atomic E-state index is 8.02. The molecule has 0 aromatic heterocycles. The summed E-state index contributed by atoms with van der Waals surface area (Å²) in [5.74, 6) is 0. The molecule has 6 atom stereocenters. The summed E-state index contributed by atoms with van der Waals surface area (Å²) in [5, 5.41) is 0. The maximum absolute atomic E-state index is 8.02. The van der Waals surface area contributed by atoms with Crippen LogP contribution < -0.4 is 5.73 Å². The van der Waals surface area contributed by atoms with E-state index in [0.717, 1.165) is 25.7 Å². The van der Waals surface area contributed by atoms with Crippen molar-refractivity contribution < 1.29 is 23.7 Å². The minimum atomic E-state index is -0.892. The van der Waals surface area contributed by atoms with Gasteiger partial charge in [-0.15, -0.1) is 18.5 Å². The van der Waals surface area contributed by atoms with Crippen LogP contribution >= 0.6 is 18.5 Å². The van der Waals surface area contributed by atoms with E-state index in [1.807, 2.05) is 6.92 Å². The highest BCUT2D eigenvalue weighted by Gasteiger charge is 2.69. The van der Waals surface area contributed by atoms with Gasteiger partial charge < -0.3 is 29.4 Å². The molecule has 0 rings (SSSR count). The number of rotatable bonds is 23. The first-order valence-electron chi connectivity index (χ1n) is 14.5. The van der Waals surface area contributed by atoms with Gasteiger partial charge in [-0.05, 0) is 72.6 Å². The van der Waals surface area contributed by atoms with Crippen molar-refractivity contribution in [3.63, 3.8) is 0 Å². The smallest absolute Gasteiger partial charge is 0.0675 e. The van der Waals surface area contributed by atoms with Crippen molar-refractivity contribution in [1.82, 2.24) is 0 Å². The van der Waals surface area contributed by atoms with Crippen molar-refractivity contribution in [1.29, 1.82) is 0 Å². The highest BCUT2D eigenvalue weighted by atomic mass is 31.0. The van der Waals surface area contributed by atoms with Gasteiger partial charge in [-0.3, -0.25) is 0 Å². The van der Waals surface area contributed by atoms with Crippen LogP contribution in [0.1, 0.15) is 88.0 Å². The summed E-state index contributed by atoms with van der Waals surface area (Å²) in [4.78, 5) is 0. The van der Waals surface area contributed by atoms with E-state index >= 15 is 0 Å². The fraction of sp³-hybridized carbons (Fsp3) is 1.00. The predicted octanol–water partition coefficient (Wildman–Crippen LogP) is 5.70. The number of ether oxygens (including phenoxy) is 5. The van der Waals surface area contributed by atoms with E-state index in [2.05, 4.69) is 73.9 Å². The molecule has 0 amide bonds. The van der Waals surface area contributed by atoms with Crippen molar-refractivity contribution in [2.45, 2.75) is 118 Å². The lowest BCUT2D eigenvalue weighted by atomic mass is 9.49. The Bertz CT molecular complexity index is 486. The molecule has 0 aromatic carbocycles. The van der Waals surface area contributed by atoms with Gasteiger partial charge in [0.25, 0.3) is 0 Å². The molecule has 0 aliphatic carbocycles. The van der Waals surface area contributed by atoms with Crippen LogP contribution in [0.2, 0.25) is 0 Å². The first kappa shape index (κ1) is 36.6. The Morgan fingerprint density at radius 1 is 0.528 bits per heavy atom. The van der Waals surface area contributed by atoms with Crippen LogP contribution in [0, 0.1) is 10.8 Å². The van der Waals surface area contributed by atoms with E-state index in [1.54, 1.807) is 0 Å². The molecule has 36 heavy (non-hydrogen) atoms. The van der Waals surface area contributed by atoms with Gasteiger partial charge in [-0.1, -0.05) is 27.7 Å². The molecule has 6 unspecified atom stereocenters. The summed E-state index contributed by atoms with van der Waals surface area (Å²) < 4.78 is 32.6. The monoisotopic (exact) mass is 553 g/mol. The van der Waals surface area contributed by atoms with Gasteiger partial charge in [0.2, 0.25) is 0 Å². The lowest BCUT2D eigenvalue weighted by molar-refractivity contribution is -0.236. The summed E-state index contributed by atoms with van der Waals surface area (Å²) in [7, 11) is 6.03. The summed E-state index contributed by atoms with van der Waals surface area (Å²) in [6, 6.07) is 0. The second kappa shape index (κ2) is 18.8. The van der Waals surface area contributed by atoms with Gasteiger partial charge in [-0.2, -0.15) is 0 Å². The molecule has 0 bridgehead atoms. The average molecular weight is 554 g/mol. The molecule has 0 aliphatic rings. The van der Waals surface area contributed by atoms with Crippen LogP contribution in [-0.2, 0) is 23.7 Å². The topological polar surface area (TPSA) is 72.2 Å². The Hall–Kier alpha value is 0.620. The fourth-order valence-electron chi connectivity index (χ4n) is 6.75. The van der Waals surface area contributed by atoms with Crippen molar-refractivity contribution in [3.8, 4) is 0 Å². The molecule has 0 aliphatic heterocycles. The van der Waals surface area contributed by atoms with E-state index in [0.29, 0.717) is 52.0 Å². The number of nitrogens with two attached hydrogens (primary N) is 1. The molecule has 0 saturated heterocycles. The zero-order chi connectivity index (χ0) is 27.8. The highest BCUT2D eigenvalue weighted by molar-refractivity contribution is 7.16. The van der Waals surface area contributed by atoms with Crippen LogP contribution in [0.15, 0.2) is 0 Å². The lowest BCUT2D eigenvalue weighted by Crippen LogP contribution is -2.81. The van der Waals surface area contributed by atoms with Crippen molar-refractivity contribution in [2.24, 2.45) is 16.6 Å². The Morgan fingerprint density at radius 3 is 0.972 bits per heavy atom. The summed E-state index contributed by atoms with van der Waals surface area (Å²) in [6.45, 7) is 22.4. The Balaban J connectivity index is 7.93. The van der Waals surface area contributed by atoms with E-state index < -0.39 is 16.4 Å². The summed E-state index contributed by atoms with van der Waals surface area (Å²) >= 11 is 0. The molecule has 0 heterocycles. The quantitative estimate of drug-likeness (QED) is 0.164. The molecule has 0 saturated carbocycles. The summed E-state index contributed by atoms with van der Waals surface area (Å²) in [5.41, 5.74) is 5.98. The minimum Gasteiger partial charge on any atom is -0.380 e. The second-order valence-electron chi connectivity index (χ2n) is 9.51. The van der Waals surface area contributed by atoms with E-state index in [9.17, 15) is 0 Å². The Morgan fingerprint density at radius 2 is 0.806 bits per heavy atom. The van der Waals surface area contributed by atoms with Gasteiger partial charge >= 0.3 is 0 Å². The van der Waals surface area contributed by atoms with Crippen LogP contribution in [-0.4, -0.2) is 81.9 Å². The first-order valence-corrected chi connectivity index (χ1v) is 16.1. The molecule has 0 radical (unpaired) electrons. The van der Waals surface area contributed by atoms with Crippen LogP contribution in [0.25, 0.3) is 0 Å². The maximum Gasteiger partial charge on any atom is 0.0675 e. The molecular weight excluding hydrogens is 492 g/mol. The van der Waals surface area contributed by atoms with E-state index in [4.69, 9.17) is 29.4 Å².